The fourth-order valence-corrected chi connectivity index (χ4v) is 3.96. The minimum atomic E-state index is -1.72. The van der Waals surface area contributed by atoms with Crippen LogP contribution in [0.2, 0.25) is 6.04 Å². The van der Waals surface area contributed by atoms with Crippen molar-refractivity contribution in [1.82, 2.24) is 4.57 Å². The highest BCUT2D eigenvalue weighted by atomic mass is 28.3. The monoisotopic (exact) mass is 259 g/mol. The second-order valence-corrected chi connectivity index (χ2v) is 7.79. The van der Waals surface area contributed by atoms with Crippen LogP contribution in [0.25, 0.3) is 6.08 Å². The lowest BCUT2D eigenvalue weighted by atomic mass is 10.0. The van der Waals surface area contributed by atoms with Crippen molar-refractivity contribution in [3.8, 4) is 0 Å². The largest absolute Gasteiger partial charge is 0.395 e. The summed E-state index contributed by atoms with van der Waals surface area (Å²) in [5.74, 6) is 0.317. The van der Waals surface area contributed by atoms with E-state index < -0.39 is 8.84 Å². The van der Waals surface area contributed by atoms with Crippen LogP contribution in [-0.2, 0) is 4.46 Å². The molecule has 1 unspecified atom stereocenters. The van der Waals surface area contributed by atoms with Crippen molar-refractivity contribution in [2.24, 2.45) is 0 Å². The average Bonchev–Trinajstić information content (AvgIpc) is 2.70. The molecule has 96 valence electrons. The molecule has 0 aromatic heterocycles. The van der Waals surface area contributed by atoms with Gasteiger partial charge in [-0.15, -0.1) is 0 Å². The van der Waals surface area contributed by atoms with Crippen molar-refractivity contribution in [3.05, 3.63) is 41.5 Å². The second kappa shape index (κ2) is 4.80. The van der Waals surface area contributed by atoms with Gasteiger partial charge < -0.3 is 9.03 Å². The molecule has 0 saturated carbocycles. The van der Waals surface area contributed by atoms with Crippen LogP contribution in [0.15, 0.2) is 30.3 Å². The van der Waals surface area contributed by atoms with Gasteiger partial charge in [-0.1, -0.05) is 36.4 Å². The lowest BCUT2D eigenvalue weighted by molar-refractivity contribution is 0.273. The number of hydrogen-bond acceptors (Lipinski definition) is 1. The molecule has 0 N–H and O–H groups in total. The highest BCUT2D eigenvalue weighted by Gasteiger charge is 2.28. The zero-order valence-corrected chi connectivity index (χ0v) is 12.6. The Labute approximate surface area is 111 Å². The van der Waals surface area contributed by atoms with Crippen LogP contribution in [0, 0.1) is 0 Å². The van der Waals surface area contributed by atoms with Gasteiger partial charge in [0.1, 0.15) is 0 Å². The third kappa shape index (κ3) is 2.61. The number of rotatable bonds is 3. The molecule has 3 heteroatoms. The molecule has 0 heterocycles. The smallest absolute Gasteiger partial charge is 0.375 e. The Hall–Kier alpha value is -1.22. The Balaban J connectivity index is 2.09. The van der Waals surface area contributed by atoms with E-state index >= 15 is 0 Å². The summed E-state index contributed by atoms with van der Waals surface area (Å²) in [5.41, 5.74) is 2.56. The first-order chi connectivity index (χ1) is 8.39. The van der Waals surface area contributed by atoms with Crippen LogP contribution >= 0.6 is 0 Å². The maximum absolute atomic E-state index is 12.4. The first-order valence-corrected chi connectivity index (χ1v) is 7.99. The number of benzene rings is 1. The summed E-state index contributed by atoms with van der Waals surface area (Å²) in [6, 6.07) is 9.12. The molecule has 1 aromatic carbocycles. The second-order valence-electron chi connectivity index (χ2n) is 5.92. The molecule has 1 aromatic rings. The maximum atomic E-state index is 12.4. The quantitative estimate of drug-likeness (QED) is 0.775. The molecular formula is C15H21NOSi. The average molecular weight is 259 g/mol. The molecule has 1 atom stereocenters. The highest BCUT2D eigenvalue weighted by Crippen LogP contribution is 2.33. The standard InChI is InChI=1S/C15H21NOSi/c1-15(2,3)16(4)18(17)11-13-10-9-12-7-5-6-8-14(12)13/h5-10,13H,11H2,1-4H3. The molecule has 0 saturated heterocycles. The molecule has 0 bridgehead atoms. The molecule has 2 nitrogen and oxygen atoms in total. The van der Waals surface area contributed by atoms with E-state index in [4.69, 9.17) is 0 Å². The Kier molecular flexibility index (Phi) is 3.53. The summed E-state index contributed by atoms with van der Waals surface area (Å²) < 4.78 is 14.5. The van der Waals surface area contributed by atoms with Gasteiger partial charge in [0.2, 0.25) is 0 Å². The third-order valence-corrected chi connectivity index (χ3v) is 5.89. The van der Waals surface area contributed by atoms with Crippen LogP contribution < -0.4 is 0 Å². The van der Waals surface area contributed by atoms with Crippen molar-refractivity contribution in [2.45, 2.75) is 38.3 Å². The van der Waals surface area contributed by atoms with Crippen LogP contribution in [0.4, 0.5) is 0 Å². The van der Waals surface area contributed by atoms with Crippen LogP contribution in [-0.4, -0.2) is 26.0 Å². The molecule has 0 radical (unpaired) electrons. The van der Waals surface area contributed by atoms with E-state index in [1.54, 1.807) is 0 Å². The zero-order valence-electron chi connectivity index (χ0n) is 11.6. The minimum Gasteiger partial charge on any atom is -0.375 e. The number of hydrogen-bond donors (Lipinski definition) is 0. The number of fused-ring (bicyclic) bond motifs is 1. The summed E-state index contributed by atoms with van der Waals surface area (Å²) in [4.78, 5) is 0. The maximum Gasteiger partial charge on any atom is 0.395 e. The number of allylic oxidation sites excluding steroid dienone is 1. The topological polar surface area (TPSA) is 20.3 Å². The van der Waals surface area contributed by atoms with Crippen LogP contribution in [0.1, 0.15) is 37.8 Å². The van der Waals surface area contributed by atoms with Crippen molar-refractivity contribution >= 4 is 14.9 Å². The molecule has 2 rings (SSSR count). The van der Waals surface area contributed by atoms with E-state index in [1.165, 1.54) is 11.1 Å². The third-order valence-electron chi connectivity index (χ3n) is 3.68. The molecule has 0 fully saturated rings. The van der Waals surface area contributed by atoms with Crippen molar-refractivity contribution in [1.29, 1.82) is 0 Å². The van der Waals surface area contributed by atoms with Crippen molar-refractivity contribution < 1.29 is 4.46 Å². The molecule has 1 aliphatic rings. The number of nitrogens with zero attached hydrogens (tertiary/aromatic N) is 1. The normalized spacial score (nSPS) is 17.7. The fraction of sp³-hybridized carbons (Fsp3) is 0.467. The fourth-order valence-electron chi connectivity index (χ4n) is 2.20. The van der Waals surface area contributed by atoms with Gasteiger partial charge in [-0.2, -0.15) is 0 Å². The van der Waals surface area contributed by atoms with E-state index in [9.17, 15) is 4.46 Å². The molecular weight excluding hydrogens is 238 g/mol. The van der Waals surface area contributed by atoms with Crippen molar-refractivity contribution in [2.75, 3.05) is 7.05 Å². The summed E-state index contributed by atoms with van der Waals surface area (Å²) in [5, 5.41) is 0. The minimum absolute atomic E-state index is 0.0299. The Bertz CT molecular complexity index is 488. The molecule has 0 spiro atoms. The van der Waals surface area contributed by atoms with E-state index in [0.29, 0.717) is 5.92 Å². The van der Waals surface area contributed by atoms with E-state index in [1.807, 2.05) is 11.6 Å². The highest BCUT2D eigenvalue weighted by molar-refractivity contribution is 6.39. The van der Waals surface area contributed by atoms with E-state index in [2.05, 4.69) is 57.2 Å². The van der Waals surface area contributed by atoms with Crippen molar-refractivity contribution in [3.63, 3.8) is 0 Å². The van der Waals surface area contributed by atoms with Gasteiger partial charge in [-0.3, -0.25) is 0 Å². The molecule has 0 aliphatic heterocycles. The summed E-state index contributed by atoms with van der Waals surface area (Å²) in [6.07, 6.45) is 4.33. The van der Waals surface area contributed by atoms with Gasteiger partial charge in [0.05, 0.1) is 0 Å². The van der Waals surface area contributed by atoms with Crippen LogP contribution in [0.5, 0.6) is 0 Å². The van der Waals surface area contributed by atoms with Gasteiger partial charge in [-0.25, -0.2) is 0 Å². The van der Waals surface area contributed by atoms with Gasteiger partial charge in [-0.05, 0) is 31.9 Å². The molecule has 18 heavy (non-hydrogen) atoms. The lowest BCUT2D eigenvalue weighted by Crippen LogP contribution is -2.44. The Morgan fingerprint density at radius 2 is 1.94 bits per heavy atom. The van der Waals surface area contributed by atoms with Gasteiger partial charge in [0.15, 0.2) is 0 Å². The van der Waals surface area contributed by atoms with Gasteiger partial charge >= 0.3 is 8.84 Å². The predicted molar refractivity (Wildman–Crippen MR) is 77.0 cm³/mol. The molecule has 0 amide bonds. The SMILES string of the molecule is CN([Si](=O)CC1C=Cc2ccccc21)C(C)(C)C. The lowest BCUT2D eigenvalue weighted by Gasteiger charge is -2.32. The molecule has 1 aliphatic carbocycles. The predicted octanol–water partition coefficient (Wildman–Crippen LogP) is 3.45. The van der Waals surface area contributed by atoms with Gasteiger partial charge in [0.25, 0.3) is 0 Å². The Morgan fingerprint density at radius 1 is 1.28 bits per heavy atom. The van der Waals surface area contributed by atoms with E-state index in [0.717, 1.165) is 6.04 Å². The van der Waals surface area contributed by atoms with Gasteiger partial charge in [0, 0.05) is 24.5 Å². The first kappa shape index (κ1) is 13.2. The summed E-state index contributed by atoms with van der Waals surface area (Å²) >= 11 is 0. The van der Waals surface area contributed by atoms with Crippen LogP contribution in [0.3, 0.4) is 0 Å². The first-order valence-electron chi connectivity index (χ1n) is 6.43. The summed E-state index contributed by atoms with van der Waals surface area (Å²) in [6.45, 7) is 6.32. The Morgan fingerprint density at radius 3 is 2.61 bits per heavy atom. The summed E-state index contributed by atoms with van der Waals surface area (Å²) in [7, 11) is 0.247. The zero-order chi connectivity index (χ0) is 13.3. The van der Waals surface area contributed by atoms with E-state index in [-0.39, 0.29) is 5.54 Å².